The van der Waals surface area contributed by atoms with Crippen molar-refractivity contribution in [1.29, 1.82) is 0 Å². The standard InChI is InChI=1S/C14H10Br2INO/c15-8-9-1-4-11(5-2-9)18-14(19)12-7-10(16)3-6-13(12)17/h1-7H,8H2,(H,18,19). The van der Waals surface area contributed by atoms with E-state index in [0.717, 1.165) is 19.1 Å². The van der Waals surface area contributed by atoms with E-state index in [0.29, 0.717) is 5.56 Å². The van der Waals surface area contributed by atoms with Gasteiger partial charge in [0, 0.05) is 19.1 Å². The number of rotatable bonds is 3. The van der Waals surface area contributed by atoms with Crippen molar-refractivity contribution in [3.8, 4) is 0 Å². The van der Waals surface area contributed by atoms with Gasteiger partial charge in [-0.3, -0.25) is 4.79 Å². The smallest absolute Gasteiger partial charge is 0.256 e. The summed E-state index contributed by atoms with van der Waals surface area (Å²) in [5.41, 5.74) is 2.64. The molecule has 0 aliphatic carbocycles. The van der Waals surface area contributed by atoms with Gasteiger partial charge in [0.05, 0.1) is 5.56 Å². The molecule has 98 valence electrons. The molecule has 0 aliphatic heterocycles. The fourth-order valence-corrected chi connectivity index (χ4v) is 2.86. The van der Waals surface area contributed by atoms with Gasteiger partial charge in [-0.1, -0.05) is 44.0 Å². The topological polar surface area (TPSA) is 29.1 Å². The van der Waals surface area contributed by atoms with Gasteiger partial charge in [0.2, 0.25) is 0 Å². The number of carbonyl (C=O) groups excluding carboxylic acids is 1. The van der Waals surface area contributed by atoms with E-state index >= 15 is 0 Å². The molecule has 2 aromatic carbocycles. The second kappa shape index (κ2) is 6.85. The largest absolute Gasteiger partial charge is 0.322 e. The van der Waals surface area contributed by atoms with Crippen LogP contribution in [-0.4, -0.2) is 5.91 Å². The van der Waals surface area contributed by atoms with E-state index in [1.807, 2.05) is 42.5 Å². The Morgan fingerprint density at radius 2 is 1.84 bits per heavy atom. The maximum atomic E-state index is 12.2. The minimum Gasteiger partial charge on any atom is -0.322 e. The first-order valence-corrected chi connectivity index (χ1v) is 8.51. The zero-order chi connectivity index (χ0) is 13.8. The predicted octanol–water partition coefficient (Wildman–Crippen LogP) is 5.20. The number of hydrogen-bond acceptors (Lipinski definition) is 1. The number of alkyl halides is 1. The van der Waals surface area contributed by atoms with E-state index in [4.69, 9.17) is 0 Å². The SMILES string of the molecule is O=C(Nc1ccc(CBr)cc1)c1cc(Br)ccc1I. The second-order valence-electron chi connectivity index (χ2n) is 3.91. The number of nitrogens with one attached hydrogen (secondary N) is 1. The third kappa shape index (κ3) is 4.03. The molecule has 2 aromatic rings. The number of carbonyl (C=O) groups is 1. The molecule has 0 radical (unpaired) electrons. The molecule has 0 atom stereocenters. The normalized spacial score (nSPS) is 10.3. The van der Waals surface area contributed by atoms with Crippen LogP contribution in [0.3, 0.4) is 0 Å². The van der Waals surface area contributed by atoms with Crippen LogP contribution < -0.4 is 5.32 Å². The van der Waals surface area contributed by atoms with Gasteiger partial charge < -0.3 is 5.32 Å². The Kier molecular flexibility index (Phi) is 5.41. The van der Waals surface area contributed by atoms with Crippen molar-refractivity contribution in [1.82, 2.24) is 0 Å². The van der Waals surface area contributed by atoms with Crippen LogP contribution in [0.25, 0.3) is 0 Å². The molecule has 1 amide bonds. The van der Waals surface area contributed by atoms with Crippen molar-refractivity contribution < 1.29 is 4.79 Å². The van der Waals surface area contributed by atoms with Crippen molar-refractivity contribution in [2.75, 3.05) is 5.32 Å². The molecule has 1 N–H and O–H groups in total. The molecule has 0 aromatic heterocycles. The molecular formula is C14H10Br2INO. The summed E-state index contributed by atoms with van der Waals surface area (Å²) in [5, 5.41) is 3.71. The lowest BCUT2D eigenvalue weighted by Crippen LogP contribution is -2.13. The lowest BCUT2D eigenvalue weighted by molar-refractivity contribution is 0.102. The lowest BCUT2D eigenvalue weighted by atomic mass is 10.2. The van der Waals surface area contributed by atoms with E-state index in [-0.39, 0.29) is 5.91 Å². The molecule has 0 saturated heterocycles. The second-order valence-corrected chi connectivity index (χ2v) is 6.55. The molecule has 2 rings (SSSR count). The van der Waals surface area contributed by atoms with Crippen molar-refractivity contribution >= 4 is 66.0 Å². The van der Waals surface area contributed by atoms with Gasteiger partial charge in [-0.15, -0.1) is 0 Å². The third-order valence-corrected chi connectivity index (χ3v) is 4.62. The van der Waals surface area contributed by atoms with Gasteiger partial charge in [-0.2, -0.15) is 0 Å². The van der Waals surface area contributed by atoms with Crippen molar-refractivity contribution in [2.45, 2.75) is 5.33 Å². The van der Waals surface area contributed by atoms with Crippen LogP contribution in [-0.2, 0) is 5.33 Å². The lowest BCUT2D eigenvalue weighted by Gasteiger charge is -2.08. The van der Waals surface area contributed by atoms with Crippen LogP contribution >= 0.6 is 54.5 Å². The molecular weight excluding hydrogens is 485 g/mol. The molecule has 0 bridgehead atoms. The maximum Gasteiger partial charge on any atom is 0.256 e. The first kappa shape index (κ1) is 15.0. The van der Waals surface area contributed by atoms with Gasteiger partial charge in [0.1, 0.15) is 0 Å². The van der Waals surface area contributed by atoms with E-state index in [1.165, 1.54) is 5.56 Å². The van der Waals surface area contributed by atoms with Crippen LogP contribution in [0.5, 0.6) is 0 Å². The minimum atomic E-state index is -0.0997. The van der Waals surface area contributed by atoms with Crippen molar-refractivity contribution in [2.24, 2.45) is 0 Å². The van der Waals surface area contributed by atoms with Gasteiger partial charge in [0.25, 0.3) is 5.91 Å². The highest BCUT2D eigenvalue weighted by Crippen LogP contribution is 2.20. The average molecular weight is 495 g/mol. The number of hydrogen-bond donors (Lipinski definition) is 1. The molecule has 0 heterocycles. The summed E-state index contributed by atoms with van der Waals surface area (Å²) in [6.45, 7) is 0. The highest BCUT2D eigenvalue weighted by Gasteiger charge is 2.10. The van der Waals surface area contributed by atoms with Crippen LogP contribution in [0.1, 0.15) is 15.9 Å². The van der Waals surface area contributed by atoms with E-state index in [1.54, 1.807) is 0 Å². The summed E-state index contributed by atoms with van der Waals surface area (Å²) in [4.78, 5) is 12.2. The van der Waals surface area contributed by atoms with Gasteiger partial charge in [0.15, 0.2) is 0 Å². The number of anilines is 1. The predicted molar refractivity (Wildman–Crippen MR) is 93.9 cm³/mol. The Balaban J connectivity index is 2.18. The number of benzene rings is 2. The molecule has 0 saturated carbocycles. The Morgan fingerprint density at radius 3 is 2.47 bits per heavy atom. The van der Waals surface area contributed by atoms with Gasteiger partial charge in [-0.25, -0.2) is 0 Å². The third-order valence-electron chi connectivity index (χ3n) is 2.54. The number of halogens is 3. The Labute approximate surface area is 142 Å². The molecule has 0 unspecified atom stereocenters. The Hall–Kier alpha value is -0.400. The molecule has 0 fully saturated rings. The summed E-state index contributed by atoms with van der Waals surface area (Å²) < 4.78 is 1.82. The highest BCUT2D eigenvalue weighted by atomic mass is 127. The fourth-order valence-electron chi connectivity index (χ4n) is 1.55. The zero-order valence-electron chi connectivity index (χ0n) is 9.79. The molecule has 0 spiro atoms. The zero-order valence-corrected chi connectivity index (χ0v) is 15.1. The summed E-state index contributed by atoms with van der Waals surface area (Å²) in [6, 6.07) is 13.4. The summed E-state index contributed by atoms with van der Waals surface area (Å²) in [5.74, 6) is -0.0997. The van der Waals surface area contributed by atoms with Crippen molar-refractivity contribution in [3.63, 3.8) is 0 Å². The first-order valence-electron chi connectivity index (χ1n) is 5.51. The summed E-state index contributed by atoms with van der Waals surface area (Å²) in [7, 11) is 0. The summed E-state index contributed by atoms with van der Waals surface area (Å²) >= 11 is 8.93. The fraction of sp³-hybridized carbons (Fsp3) is 0.0714. The van der Waals surface area contributed by atoms with Crippen LogP contribution in [0, 0.1) is 3.57 Å². The number of amides is 1. The molecule has 5 heteroatoms. The van der Waals surface area contributed by atoms with Crippen LogP contribution in [0.15, 0.2) is 46.9 Å². The highest BCUT2D eigenvalue weighted by molar-refractivity contribution is 14.1. The van der Waals surface area contributed by atoms with Gasteiger partial charge >= 0.3 is 0 Å². The van der Waals surface area contributed by atoms with Crippen LogP contribution in [0.2, 0.25) is 0 Å². The quantitative estimate of drug-likeness (QED) is 0.461. The van der Waals surface area contributed by atoms with E-state index in [2.05, 4.69) is 59.8 Å². The minimum absolute atomic E-state index is 0.0997. The maximum absolute atomic E-state index is 12.2. The Bertz CT molecular complexity index is 599. The molecule has 0 aliphatic rings. The van der Waals surface area contributed by atoms with Crippen molar-refractivity contribution in [3.05, 3.63) is 61.6 Å². The average Bonchev–Trinajstić information content (AvgIpc) is 2.42. The first-order chi connectivity index (χ1) is 9.10. The van der Waals surface area contributed by atoms with Crippen LogP contribution in [0.4, 0.5) is 5.69 Å². The molecule has 2 nitrogen and oxygen atoms in total. The Morgan fingerprint density at radius 1 is 1.16 bits per heavy atom. The van der Waals surface area contributed by atoms with Gasteiger partial charge in [-0.05, 0) is 58.5 Å². The van der Waals surface area contributed by atoms with E-state index in [9.17, 15) is 4.79 Å². The van der Waals surface area contributed by atoms with E-state index < -0.39 is 0 Å². The molecule has 19 heavy (non-hydrogen) atoms. The summed E-state index contributed by atoms with van der Waals surface area (Å²) in [6.07, 6.45) is 0. The monoisotopic (exact) mass is 493 g/mol.